The predicted octanol–water partition coefficient (Wildman–Crippen LogP) is 4.55. The molecule has 2 aromatic carbocycles. The summed E-state index contributed by atoms with van der Waals surface area (Å²) in [6.07, 6.45) is 8.03. The first-order valence-corrected chi connectivity index (χ1v) is 10.2. The molecule has 3 rings (SSSR count). The number of carbonyl (C=O) groups is 1. The quantitative estimate of drug-likeness (QED) is 0.541. The number of rotatable bonds is 7. The van der Waals surface area contributed by atoms with Gasteiger partial charge in [0.05, 0.1) is 17.2 Å². The van der Waals surface area contributed by atoms with E-state index in [2.05, 4.69) is 23.2 Å². The van der Waals surface area contributed by atoms with Gasteiger partial charge in [-0.1, -0.05) is 31.0 Å². The number of hydrogen-bond donors (Lipinski definition) is 1. The molecule has 1 N–H and O–H groups in total. The fourth-order valence-electron chi connectivity index (χ4n) is 2.68. The third-order valence-corrected chi connectivity index (χ3v) is 5.01. The van der Waals surface area contributed by atoms with Crippen molar-refractivity contribution in [1.82, 2.24) is 5.32 Å². The number of amides is 1. The molecule has 0 saturated carbocycles. The molecule has 0 bridgehead atoms. The summed E-state index contributed by atoms with van der Waals surface area (Å²) in [6, 6.07) is 13.4. The van der Waals surface area contributed by atoms with Gasteiger partial charge in [-0.25, -0.2) is 4.99 Å². The van der Waals surface area contributed by atoms with Gasteiger partial charge in [-0.05, 0) is 66.6 Å². The van der Waals surface area contributed by atoms with Crippen LogP contribution in [0.2, 0.25) is 0 Å². The zero-order valence-electron chi connectivity index (χ0n) is 16.4. The minimum absolute atomic E-state index is 0.165. The Kier molecular flexibility index (Phi) is 6.99. The van der Waals surface area contributed by atoms with Crippen LogP contribution in [-0.2, 0) is 11.2 Å². The number of benzene rings is 2. The first-order valence-electron chi connectivity index (χ1n) is 9.34. The molecule has 0 aliphatic carbocycles. The van der Waals surface area contributed by atoms with Crippen LogP contribution in [0.5, 0.6) is 11.5 Å². The molecule has 2 aromatic rings. The predicted molar refractivity (Wildman–Crippen MR) is 119 cm³/mol. The second kappa shape index (κ2) is 9.85. The van der Waals surface area contributed by atoms with Gasteiger partial charge >= 0.3 is 0 Å². The first-order chi connectivity index (χ1) is 14.1. The second-order valence-corrected chi connectivity index (χ2v) is 7.16. The Morgan fingerprint density at radius 1 is 1.14 bits per heavy atom. The molecule has 0 aromatic heterocycles. The van der Waals surface area contributed by atoms with Gasteiger partial charge in [-0.3, -0.25) is 4.79 Å². The zero-order valence-corrected chi connectivity index (χ0v) is 17.2. The van der Waals surface area contributed by atoms with Crippen LogP contribution in [0.15, 0.2) is 52.4 Å². The van der Waals surface area contributed by atoms with Crippen molar-refractivity contribution in [2.75, 3.05) is 13.2 Å². The largest absolute Gasteiger partial charge is 0.490 e. The van der Waals surface area contributed by atoms with Crippen molar-refractivity contribution in [2.24, 2.45) is 4.99 Å². The summed E-state index contributed by atoms with van der Waals surface area (Å²) in [7, 11) is 0. The smallest absolute Gasteiger partial charge is 0.264 e. The van der Waals surface area contributed by atoms with Gasteiger partial charge in [-0.15, -0.1) is 6.42 Å². The van der Waals surface area contributed by atoms with Crippen molar-refractivity contribution < 1.29 is 14.3 Å². The van der Waals surface area contributed by atoms with Crippen LogP contribution >= 0.6 is 11.8 Å². The van der Waals surface area contributed by atoms with E-state index < -0.39 is 0 Å². The Labute approximate surface area is 175 Å². The van der Waals surface area contributed by atoms with E-state index in [-0.39, 0.29) is 12.5 Å². The van der Waals surface area contributed by atoms with Crippen molar-refractivity contribution in [3.8, 4) is 23.8 Å². The lowest BCUT2D eigenvalue weighted by Gasteiger charge is -2.11. The molecule has 148 valence electrons. The van der Waals surface area contributed by atoms with Crippen LogP contribution in [0.4, 0.5) is 5.69 Å². The van der Waals surface area contributed by atoms with Crippen molar-refractivity contribution in [3.63, 3.8) is 0 Å². The molecular weight excluding hydrogens is 384 g/mol. The highest BCUT2D eigenvalue weighted by molar-refractivity contribution is 8.18. The fourth-order valence-corrected chi connectivity index (χ4v) is 3.52. The summed E-state index contributed by atoms with van der Waals surface area (Å²) in [5, 5.41) is 3.37. The van der Waals surface area contributed by atoms with Crippen molar-refractivity contribution >= 4 is 34.6 Å². The third kappa shape index (κ3) is 5.43. The summed E-state index contributed by atoms with van der Waals surface area (Å²) >= 11 is 1.31. The minimum atomic E-state index is -0.176. The first kappa shape index (κ1) is 20.6. The number of ether oxygens (including phenoxy) is 2. The number of thioether (sulfide) groups is 1. The topological polar surface area (TPSA) is 59.9 Å². The number of nitrogens with one attached hydrogen (secondary N) is 1. The maximum Gasteiger partial charge on any atom is 0.264 e. The van der Waals surface area contributed by atoms with E-state index in [0.717, 1.165) is 17.7 Å². The summed E-state index contributed by atoms with van der Waals surface area (Å²) in [4.78, 5) is 17.4. The molecule has 1 aliphatic heterocycles. The van der Waals surface area contributed by atoms with E-state index in [9.17, 15) is 4.79 Å². The number of hydrogen-bond acceptors (Lipinski definition) is 5. The van der Waals surface area contributed by atoms with Crippen LogP contribution in [0.1, 0.15) is 25.0 Å². The van der Waals surface area contributed by atoms with Gasteiger partial charge in [0.1, 0.15) is 6.61 Å². The Morgan fingerprint density at radius 3 is 2.62 bits per heavy atom. The van der Waals surface area contributed by atoms with Gasteiger partial charge < -0.3 is 14.8 Å². The van der Waals surface area contributed by atoms with Crippen molar-refractivity contribution in [3.05, 3.63) is 58.5 Å². The van der Waals surface area contributed by atoms with Gasteiger partial charge in [-0.2, -0.15) is 0 Å². The maximum atomic E-state index is 12.3. The second-order valence-electron chi connectivity index (χ2n) is 6.13. The lowest BCUT2D eigenvalue weighted by molar-refractivity contribution is -0.115. The van der Waals surface area contributed by atoms with Crippen LogP contribution in [0, 0.1) is 12.3 Å². The minimum Gasteiger partial charge on any atom is -0.490 e. The zero-order chi connectivity index (χ0) is 20.6. The number of carbonyl (C=O) groups excluding carboxylic acids is 1. The molecule has 0 spiro atoms. The van der Waals surface area contributed by atoms with Crippen molar-refractivity contribution in [1.29, 1.82) is 0 Å². The standard InChI is InChI=1S/C23H22N2O3S/c1-4-13-28-19-12-9-17(14-20(19)27-6-3)15-21-22(26)25-23(29-21)24-18-10-7-16(5-2)8-11-18/h1,7-12,14-15H,5-6,13H2,2-3H3,(H,24,25,26)/b21-15-. The lowest BCUT2D eigenvalue weighted by Crippen LogP contribution is -2.19. The number of aliphatic imine (C=N–C) groups is 1. The van der Waals surface area contributed by atoms with E-state index in [0.29, 0.717) is 28.2 Å². The van der Waals surface area contributed by atoms with Crippen LogP contribution in [-0.4, -0.2) is 24.3 Å². The Balaban J connectivity index is 1.79. The molecule has 1 heterocycles. The lowest BCUT2D eigenvalue weighted by atomic mass is 10.2. The molecule has 0 atom stereocenters. The molecule has 1 aliphatic rings. The number of terminal acetylenes is 1. The highest BCUT2D eigenvalue weighted by Crippen LogP contribution is 2.32. The van der Waals surface area contributed by atoms with E-state index >= 15 is 0 Å². The number of aryl methyl sites for hydroxylation is 1. The molecule has 1 amide bonds. The molecular formula is C23H22N2O3S. The molecule has 5 nitrogen and oxygen atoms in total. The van der Waals surface area contributed by atoms with Crippen LogP contribution in [0.3, 0.4) is 0 Å². The Hall–Kier alpha value is -3.17. The Bertz CT molecular complexity index is 988. The summed E-state index contributed by atoms with van der Waals surface area (Å²) in [5.74, 6) is 3.43. The highest BCUT2D eigenvalue weighted by Gasteiger charge is 2.24. The van der Waals surface area contributed by atoms with Crippen LogP contribution in [0.25, 0.3) is 6.08 Å². The van der Waals surface area contributed by atoms with E-state index in [1.54, 1.807) is 12.1 Å². The molecule has 1 fully saturated rings. The maximum absolute atomic E-state index is 12.3. The van der Waals surface area contributed by atoms with E-state index in [4.69, 9.17) is 15.9 Å². The molecule has 29 heavy (non-hydrogen) atoms. The molecule has 0 unspecified atom stereocenters. The SMILES string of the molecule is C#CCOc1ccc(/C=C2\SC(=Nc3ccc(CC)cc3)NC2=O)cc1OCC. The Morgan fingerprint density at radius 2 is 1.93 bits per heavy atom. The number of nitrogens with zero attached hydrogens (tertiary/aromatic N) is 1. The van der Waals surface area contributed by atoms with Gasteiger partial charge in [0.25, 0.3) is 5.91 Å². The van der Waals surface area contributed by atoms with Crippen LogP contribution < -0.4 is 14.8 Å². The fraction of sp³-hybridized carbons (Fsp3) is 0.217. The molecule has 1 saturated heterocycles. The average molecular weight is 407 g/mol. The van der Waals surface area contributed by atoms with Gasteiger partial charge in [0, 0.05) is 0 Å². The molecule has 6 heteroatoms. The average Bonchev–Trinajstić information content (AvgIpc) is 3.07. The monoisotopic (exact) mass is 406 g/mol. The normalized spacial score (nSPS) is 16.0. The summed E-state index contributed by atoms with van der Waals surface area (Å²) < 4.78 is 11.1. The van der Waals surface area contributed by atoms with Gasteiger partial charge in [0.15, 0.2) is 16.7 Å². The summed E-state index contributed by atoms with van der Waals surface area (Å²) in [5.41, 5.74) is 2.88. The van der Waals surface area contributed by atoms with Gasteiger partial charge in [0.2, 0.25) is 0 Å². The van der Waals surface area contributed by atoms with E-state index in [1.807, 2.05) is 43.3 Å². The number of amidine groups is 1. The van der Waals surface area contributed by atoms with Crippen molar-refractivity contribution in [2.45, 2.75) is 20.3 Å². The van der Waals surface area contributed by atoms with E-state index in [1.165, 1.54) is 17.3 Å². The molecule has 0 radical (unpaired) electrons. The highest BCUT2D eigenvalue weighted by atomic mass is 32.2. The third-order valence-electron chi connectivity index (χ3n) is 4.10. The summed E-state index contributed by atoms with van der Waals surface area (Å²) in [6.45, 7) is 4.66.